The van der Waals surface area contributed by atoms with E-state index in [4.69, 9.17) is 10.2 Å². The molecule has 22 heavy (non-hydrogen) atoms. The highest BCUT2D eigenvalue weighted by Gasteiger charge is 2.10. The monoisotopic (exact) mass is 298 g/mol. The van der Waals surface area contributed by atoms with E-state index in [1.54, 1.807) is 32.0 Å². The number of aromatic carboxylic acids is 2. The molecule has 0 amide bonds. The number of hydrogen-bond donors (Lipinski definition) is 2. The van der Waals surface area contributed by atoms with Crippen LogP contribution in [0.1, 0.15) is 31.8 Å². The molecule has 0 heterocycles. The predicted octanol–water partition coefficient (Wildman–Crippen LogP) is 4.12. The highest BCUT2D eigenvalue weighted by molar-refractivity contribution is 5.91. The quantitative estimate of drug-likeness (QED) is 0.829. The molecule has 112 valence electrons. The second-order valence-corrected chi connectivity index (χ2v) is 4.76. The summed E-state index contributed by atoms with van der Waals surface area (Å²) in [6.45, 7) is 3.44. The molecule has 0 spiro atoms. The lowest BCUT2D eigenvalue weighted by Gasteiger charge is -2.04. The van der Waals surface area contributed by atoms with Gasteiger partial charge >= 0.3 is 11.9 Å². The van der Waals surface area contributed by atoms with Gasteiger partial charge in [0.25, 0.3) is 0 Å². The van der Waals surface area contributed by atoms with Crippen molar-refractivity contribution in [2.24, 2.45) is 10.2 Å². The Morgan fingerprint density at radius 1 is 0.909 bits per heavy atom. The third kappa shape index (κ3) is 3.17. The average molecular weight is 298 g/mol. The van der Waals surface area contributed by atoms with Gasteiger partial charge in [0.05, 0.1) is 22.5 Å². The van der Waals surface area contributed by atoms with Gasteiger partial charge in [-0.2, -0.15) is 10.2 Å². The fraction of sp³-hybridized carbons (Fsp3) is 0.125. The molecular weight excluding hydrogens is 284 g/mol. The molecular formula is C16H14N2O4. The van der Waals surface area contributed by atoms with E-state index in [9.17, 15) is 9.59 Å². The van der Waals surface area contributed by atoms with Crippen molar-refractivity contribution in [3.8, 4) is 0 Å². The average Bonchev–Trinajstić information content (AvgIpc) is 2.47. The van der Waals surface area contributed by atoms with Crippen LogP contribution in [0.2, 0.25) is 0 Å². The van der Waals surface area contributed by atoms with Gasteiger partial charge in [0.1, 0.15) is 0 Å². The summed E-state index contributed by atoms with van der Waals surface area (Å²) in [6.07, 6.45) is 0. The van der Waals surface area contributed by atoms with E-state index in [-0.39, 0.29) is 11.1 Å². The van der Waals surface area contributed by atoms with Crippen LogP contribution in [-0.2, 0) is 0 Å². The molecule has 6 heteroatoms. The summed E-state index contributed by atoms with van der Waals surface area (Å²) < 4.78 is 0. The Labute approximate surface area is 126 Å². The van der Waals surface area contributed by atoms with Crippen LogP contribution in [0.4, 0.5) is 11.4 Å². The van der Waals surface area contributed by atoms with Gasteiger partial charge in [-0.3, -0.25) is 0 Å². The highest BCUT2D eigenvalue weighted by Crippen LogP contribution is 2.26. The predicted molar refractivity (Wildman–Crippen MR) is 80.5 cm³/mol. The summed E-state index contributed by atoms with van der Waals surface area (Å²) in [5.41, 5.74) is 2.43. The number of benzene rings is 2. The lowest BCUT2D eigenvalue weighted by atomic mass is 10.1. The molecule has 2 N–H and O–H groups in total. The van der Waals surface area contributed by atoms with Gasteiger partial charge in [-0.25, -0.2) is 9.59 Å². The number of hydrogen-bond acceptors (Lipinski definition) is 4. The summed E-state index contributed by atoms with van der Waals surface area (Å²) in [6, 6.07) is 9.31. The highest BCUT2D eigenvalue weighted by atomic mass is 16.4. The molecule has 0 bridgehead atoms. The third-order valence-electron chi connectivity index (χ3n) is 3.26. The van der Waals surface area contributed by atoms with Crippen molar-refractivity contribution in [2.45, 2.75) is 13.8 Å². The lowest BCUT2D eigenvalue weighted by molar-refractivity contribution is 0.0685. The van der Waals surface area contributed by atoms with E-state index in [1.807, 2.05) is 0 Å². The van der Waals surface area contributed by atoms with Gasteiger partial charge in [0, 0.05) is 0 Å². The Morgan fingerprint density at radius 2 is 1.59 bits per heavy atom. The van der Waals surface area contributed by atoms with Gasteiger partial charge in [-0.05, 0) is 49.2 Å². The van der Waals surface area contributed by atoms with Gasteiger partial charge in [-0.1, -0.05) is 12.1 Å². The van der Waals surface area contributed by atoms with Crippen molar-refractivity contribution in [3.05, 3.63) is 58.7 Å². The molecule has 0 saturated heterocycles. The minimum atomic E-state index is -1.04. The smallest absolute Gasteiger partial charge is 0.336 e. The Hall–Kier alpha value is -3.02. The van der Waals surface area contributed by atoms with Crippen molar-refractivity contribution in [1.82, 2.24) is 0 Å². The molecule has 0 aliphatic carbocycles. The molecule has 2 rings (SSSR count). The zero-order valence-corrected chi connectivity index (χ0v) is 12.1. The fourth-order valence-corrected chi connectivity index (χ4v) is 1.92. The maximum atomic E-state index is 11.1. The Bertz CT molecular complexity index is 778. The zero-order chi connectivity index (χ0) is 16.3. The fourth-order valence-electron chi connectivity index (χ4n) is 1.92. The van der Waals surface area contributed by atoms with Gasteiger partial charge in [-0.15, -0.1) is 0 Å². The molecule has 6 nitrogen and oxygen atoms in total. The van der Waals surface area contributed by atoms with Gasteiger partial charge < -0.3 is 10.2 Å². The summed E-state index contributed by atoms with van der Waals surface area (Å²) in [5.74, 6) is -2.07. The van der Waals surface area contributed by atoms with Crippen LogP contribution in [0.25, 0.3) is 0 Å². The molecule has 0 aromatic heterocycles. The standard InChI is InChI=1S/C16H14N2O4/c1-9-6-7-11(15(19)20)8-14(9)18-17-13-5-3-4-12(10(13)2)16(21)22/h3-8H,1-2H3,(H,19,20)(H,21,22). The van der Waals surface area contributed by atoms with Crippen LogP contribution in [0.15, 0.2) is 46.6 Å². The molecule has 0 aliphatic rings. The second-order valence-electron chi connectivity index (χ2n) is 4.76. The van der Waals surface area contributed by atoms with E-state index in [2.05, 4.69) is 10.2 Å². The lowest BCUT2D eigenvalue weighted by Crippen LogP contribution is -1.98. The number of carbonyl (C=O) groups is 2. The molecule has 2 aromatic rings. The van der Waals surface area contributed by atoms with E-state index in [0.717, 1.165) is 5.56 Å². The summed E-state index contributed by atoms with van der Waals surface area (Å²) in [4.78, 5) is 22.1. The van der Waals surface area contributed by atoms with Crippen LogP contribution < -0.4 is 0 Å². The van der Waals surface area contributed by atoms with Crippen LogP contribution >= 0.6 is 0 Å². The third-order valence-corrected chi connectivity index (χ3v) is 3.26. The molecule has 0 fully saturated rings. The summed E-state index contributed by atoms with van der Waals surface area (Å²) in [7, 11) is 0. The van der Waals surface area contributed by atoms with Crippen LogP contribution in [0.5, 0.6) is 0 Å². The SMILES string of the molecule is Cc1ccc(C(=O)O)cc1N=Nc1cccc(C(=O)O)c1C. The van der Waals surface area contributed by atoms with E-state index >= 15 is 0 Å². The molecule has 0 saturated carbocycles. The molecule has 0 atom stereocenters. The van der Waals surface area contributed by atoms with Crippen molar-refractivity contribution in [1.29, 1.82) is 0 Å². The maximum Gasteiger partial charge on any atom is 0.336 e. The summed E-state index contributed by atoms with van der Waals surface area (Å²) >= 11 is 0. The minimum Gasteiger partial charge on any atom is -0.478 e. The summed E-state index contributed by atoms with van der Waals surface area (Å²) in [5, 5.41) is 26.2. The number of azo groups is 1. The van der Waals surface area contributed by atoms with Crippen molar-refractivity contribution in [2.75, 3.05) is 0 Å². The molecule has 2 aromatic carbocycles. The first-order chi connectivity index (χ1) is 10.4. The number of carboxylic acids is 2. The van der Waals surface area contributed by atoms with E-state index in [1.165, 1.54) is 18.2 Å². The topological polar surface area (TPSA) is 99.3 Å². The Morgan fingerprint density at radius 3 is 2.23 bits per heavy atom. The zero-order valence-electron chi connectivity index (χ0n) is 12.1. The van der Waals surface area contributed by atoms with E-state index < -0.39 is 11.9 Å². The Kier molecular flexibility index (Phi) is 4.31. The molecule has 0 radical (unpaired) electrons. The number of nitrogens with zero attached hydrogens (tertiary/aromatic N) is 2. The van der Waals surface area contributed by atoms with Crippen LogP contribution in [0, 0.1) is 13.8 Å². The second kappa shape index (κ2) is 6.17. The first kappa shape index (κ1) is 15.4. The maximum absolute atomic E-state index is 11.1. The van der Waals surface area contributed by atoms with Gasteiger partial charge in [0.2, 0.25) is 0 Å². The van der Waals surface area contributed by atoms with Crippen molar-refractivity contribution in [3.63, 3.8) is 0 Å². The van der Waals surface area contributed by atoms with Crippen molar-refractivity contribution < 1.29 is 19.8 Å². The number of carboxylic acid groups (broad SMARTS) is 2. The van der Waals surface area contributed by atoms with Gasteiger partial charge in [0.15, 0.2) is 0 Å². The first-order valence-electron chi connectivity index (χ1n) is 6.48. The number of rotatable bonds is 4. The Balaban J connectivity index is 2.41. The minimum absolute atomic E-state index is 0.121. The number of aryl methyl sites for hydroxylation is 1. The molecule has 0 aliphatic heterocycles. The largest absolute Gasteiger partial charge is 0.478 e. The molecule has 0 unspecified atom stereocenters. The normalized spacial score (nSPS) is 10.8. The van der Waals surface area contributed by atoms with Crippen molar-refractivity contribution >= 4 is 23.3 Å². The van der Waals surface area contributed by atoms with Crippen LogP contribution in [-0.4, -0.2) is 22.2 Å². The van der Waals surface area contributed by atoms with E-state index in [0.29, 0.717) is 16.9 Å². The first-order valence-corrected chi connectivity index (χ1v) is 6.48. The van der Waals surface area contributed by atoms with Crippen LogP contribution in [0.3, 0.4) is 0 Å².